The van der Waals surface area contributed by atoms with E-state index < -0.39 is 14.9 Å². The van der Waals surface area contributed by atoms with Crippen molar-refractivity contribution in [3.05, 3.63) is 58.1 Å². The molecule has 1 N–H and O–H groups in total. The maximum atomic E-state index is 13.9. The van der Waals surface area contributed by atoms with Crippen LogP contribution in [0.2, 0.25) is 0 Å². The second kappa shape index (κ2) is 13.5. The van der Waals surface area contributed by atoms with Gasteiger partial charge in [0.15, 0.2) is 0 Å². The van der Waals surface area contributed by atoms with Crippen molar-refractivity contribution in [1.29, 1.82) is 0 Å². The first kappa shape index (κ1) is 31.3. The molecule has 226 valence electrons. The number of ether oxygens (including phenoxy) is 2. The quantitative estimate of drug-likeness (QED) is 0.225. The number of sulfonamides is 1. The fourth-order valence-electron chi connectivity index (χ4n) is 5.90. The number of hydrogen-bond acceptors (Lipinski definition) is 7. The van der Waals surface area contributed by atoms with E-state index in [0.29, 0.717) is 30.5 Å². The standard InChI is InChI=1S/C31H45N3O6S/c1-5-24-6-8-26(9-7-24)33(22-23(2)3)41(37,38)27-10-11-28(30(20-27)34(35)36)32-29(25-12-16-39-17-13-25)21-31(4)14-18-40-19-15-31/h6-11,20,23,25,29,32H,5,12-19,21-22H2,1-4H3. The van der Waals surface area contributed by atoms with Crippen molar-refractivity contribution in [2.45, 2.75) is 77.2 Å². The average Bonchev–Trinajstić information content (AvgIpc) is 2.96. The molecule has 0 amide bonds. The Morgan fingerprint density at radius 3 is 2.27 bits per heavy atom. The lowest BCUT2D eigenvalue weighted by molar-refractivity contribution is -0.384. The van der Waals surface area contributed by atoms with Crippen LogP contribution in [0.15, 0.2) is 47.4 Å². The number of rotatable bonds is 12. The fourth-order valence-corrected chi connectivity index (χ4v) is 7.55. The fraction of sp³-hybridized carbons (Fsp3) is 0.613. The van der Waals surface area contributed by atoms with E-state index in [-0.39, 0.29) is 34.5 Å². The van der Waals surface area contributed by atoms with Gasteiger partial charge in [0.1, 0.15) is 5.69 Å². The van der Waals surface area contributed by atoms with Crippen LogP contribution >= 0.6 is 0 Å². The Morgan fingerprint density at radius 2 is 1.68 bits per heavy atom. The van der Waals surface area contributed by atoms with Gasteiger partial charge < -0.3 is 14.8 Å². The van der Waals surface area contributed by atoms with Gasteiger partial charge in [0, 0.05) is 45.1 Å². The second-order valence-corrected chi connectivity index (χ2v) is 14.1. The van der Waals surface area contributed by atoms with Crippen molar-refractivity contribution in [2.24, 2.45) is 17.3 Å². The van der Waals surface area contributed by atoms with E-state index in [9.17, 15) is 18.5 Å². The Morgan fingerprint density at radius 1 is 1.05 bits per heavy atom. The first-order valence-corrected chi connectivity index (χ1v) is 16.3. The molecule has 10 heteroatoms. The minimum atomic E-state index is -4.05. The van der Waals surface area contributed by atoms with Gasteiger partial charge in [-0.2, -0.15) is 0 Å². The summed E-state index contributed by atoms with van der Waals surface area (Å²) in [6, 6.07) is 11.7. The van der Waals surface area contributed by atoms with Gasteiger partial charge in [-0.1, -0.05) is 39.8 Å². The van der Waals surface area contributed by atoms with Crippen LogP contribution in [0, 0.1) is 27.4 Å². The molecule has 0 aliphatic carbocycles. The second-order valence-electron chi connectivity index (χ2n) is 12.2. The van der Waals surface area contributed by atoms with Crippen LogP contribution in [0.3, 0.4) is 0 Å². The van der Waals surface area contributed by atoms with Crippen molar-refractivity contribution >= 4 is 27.1 Å². The predicted molar refractivity (Wildman–Crippen MR) is 162 cm³/mol. The van der Waals surface area contributed by atoms with E-state index in [4.69, 9.17) is 9.47 Å². The summed E-state index contributed by atoms with van der Waals surface area (Å²) in [7, 11) is -4.05. The highest BCUT2D eigenvalue weighted by molar-refractivity contribution is 7.92. The molecule has 0 spiro atoms. The van der Waals surface area contributed by atoms with Gasteiger partial charge in [0.05, 0.1) is 15.5 Å². The molecule has 9 nitrogen and oxygen atoms in total. The van der Waals surface area contributed by atoms with Crippen LogP contribution in [-0.4, -0.2) is 52.4 Å². The highest BCUT2D eigenvalue weighted by Gasteiger charge is 2.36. The summed E-state index contributed by atoms with van der Waals surface area (Å²) < 4.78 is 40.4. The molecular weight excluding hydrogens is 542 g/mol. The molecular formula is C31H45N3O6S. The maximum Gasteiger partial charge on any atom is 0.293 e. The molecule has 4 rings (SSSR count). The van der Waals surface area contributed by atoms with Crippen LogP contribution in [0.5, 0.6) is 0 Å². The number of nitrogens with one attached hydrogen (secondary N) is 1. The van der Waals surface area contributed by atoms with Crippen molar-refractivity contribution in [2.75, 3.05) is 42.6 Å². The minimum Gasteiger partial charge on any atom is -0.381 e. The highest BCUT2D eigenvalue weighted by atomic mass is 32.2. The lowest BCUT2D eigenvalue weighted by Gasteiger charge is -2.40. The molecule has 2 aliphatic rings. The molecule has 0 saturated carbocycles. The third-order valence-electron chi connectivity index (χ3n) is 8.51. The van der Waals surface area contributed by atoms with Crippen molar-refractivity contribution in [3.63, 3.8) is 0 Å². The molecule has 0 bridgehead atoms. The molecule has 41 heavy (non-hydrogen) atoms. The number of hydrogen-bond donors (Lipinski definition) is 1. The number of nitro groups is 1. The van der Waals surface area contributed by atoms with E-state index in [1.54, 1.807) is 18.2 Å². The first-order chi connectivity index (χ1) is 19.5. The molecule has 2 saturated heterocycles. The van der Waals surface area contributed by atoms with Gasteiger partial charge in [0.25, 0.3) is 15.7 Å². The third kappa shape index (κ3) is 7.78. The largest absolute Gasteiger partial charge is 0.381 e. The third-order valence-corrected chi connectivity index (χ3v) is 10.3. The summed E-state index contributed by atoms with van der Waals surface area (Å²) in [4.78, 5) is 11.7. The Kier molecular flexibility index (Phi) is 10.3. The van der Waals surface area contributed by atoms with Gasteiger partial charge in [0.2, 0.25) is 0 Å². The smallest absolute Gasteiger partial charge is 0.293 e. The SMILES string of the molecule is CCc1ccc(N(CC(C)C)S(=O)(=O)c2ccc(NC(CC3(C)CCOCC3)C3CCOCC3)c([N+](=O)[O-])c2)cc1. The zero-order valence-corrected chi connectivity index (χ0v) is 25.6. The molecule has 0 aromatic heterocycles. The van der Waals surface area contributed by atoms with Crippen LogP contribution in [0.25, 0.3) is 0 Å². The van der Waals surface area contributed by atoms with Gasteiger partial charge in [-0.05, 0) is 85.6 Å². The monoisotopic (exact) mass is 587 g/mol. The summed E-state index contributed by atoms with van der Waals surface area (Å²) in [5, 5.41) is 15.8. The lowest BCUT2D eigenvalue weighted by Crippen LogP contribution is -2.40. The van der Waals surface area contributed by atoms with Crippen molar-refractivity contribution in [1.82, 2.24) is 0 Å². The van der Waals surface area contributed by atoms with Gasteiger partial charge in [-0.3, -0.25) is 14.4 Å². The van der Waals surface area contributed by atoms with Crippen molar-refractivity contribution in [3.8, 4) is 0 Å². The summed E-state index contributed by atoms with van der Waals surface area (Å²) in [6.45, 7) is 11.3. The van der Waals surface area contributed by atoms with Gasteiger partial charge in [-0.25, -0.2) is 8.42 Å². The first-order valence-electron chi connectivity index (χ1n) is 14.8. The molecule has 1 atom stereocenters. The average molecular weight is 588 g/mol. The van der Waals surface area contributed by atoms with E-state index >= 15 is 0 Å². The molecule has 2 fully saturated rings. The van der Waals surface area contributed by atoms with Crippen molar-refractivity contribution < 1.29 is 22.8 Å². The predicted octanol–water partition coefficient (Wildman–Crippen LogP) is 6.42. The summed E-state index contributed by atoms with van der Waals surface area (Å²) in [5.41, 5.74) is 1.84. The highest BCUT2D eigenvalue weighted by Crippen LogP contribution is 2.40. The molecule has 2 aromatic rings. The summed E-state index contributed by atoms with van der Waals surface area (Å²) in [5.74, 6) is 0.359. The maximum absolute atomic E-state index is 13.9. The van der Waals surface area contributed by atoms with Crippen LogP contribution < -0.4 is 9.62 Å². The van der Waals surface area contributed by atoms with Gasteiger partial charge >= 0.3 is 0 Å². The molecule has 1 unspecified atom stereocenters. The molecule has 2 aliphatic heterocycles. The Labute approximate surface area is 244 Å². The van der Waals surface area contributed by atoms with Crippen LogP contribution in [-0.2, 0) is 25.9 Å². The summed E-state index contributed by atoms with van der Waals surface area (Å²) >= 11 is 0. The lowest BCUT2D eigenvalue weighted by atomic mass is 9.73. The van der Waals surface area contributed by atoms with Crippen LogP contribution in [0.4, 0.5) is 17.1 Å². The Balaban J connectivity index is 1.67. The molecule has 0 radical (unpaired) electrons. The molecule has 2 aromatic carbocycles. The number of anilines is 2. The van der Waals surface area contributed by atoms with E-state index in [1.807, 2.05) is 32.9 Å². The van der Waals surface area contributed by atoms with E-state index in [1.165, 1.54) is 16.4 Å². The number of aryl methyl sites for hydroxylation is 1. The van der Waals surface area contributed by atoms with Gasteiger partial charge in [-0.15, -0.1) is 0 Å². The number of nitrogens with zero attached hydrogens (tertiary/aromatic N) is 2. The zero-order chi connectivity index (χ0) is 29.6. The Hall–Kier alpha value is -2.69. The van der Waals surface area contributed by atoms with E-state index in [0.717, 1.165) is 57.3 Å². The summed E-state index contributed by atoms with van der Waals surface area (Å²) in [6.07, 6.45) is 5.35. The normalized spacial score (nSPS) is 18.7. The molecule has 2 heterocycles. The Bertz CT molecular complexity index is 1270. The van der Waals surface area contributed by atoms with E-state index in [2.05, 4.69) is 12.2 Å². The minimum absolute atomic E-state index is 0.00215. The topological polar surface area (TPSA) is 111 Å². The number of nitro benzene ring substituents is 1. The van der Waals surface area contributed by atoms with Crippen LogP contribution in [0.1, 0.15) is 65.4 Å². The number of benzene rings is 2. The zero-order valence-electron chi connectivity index (χ0n) is 24.8.